The van der Waals surface area contributed by atoms with Crippen molar-refractivity contribution in [1.29, 1.82) is 0 Å². The lowest BCUT2D eigenvalue weighted by Crippen LogP contribution is -3.28. The lowest BCUT2D eigenvalue weighted by Gasteiger charge is -2.29. The predicted molar refractivity (Wildman–Crippen MR) is 116 cm³/mol. The zero-order valence-electron chi connectivity index (χ0n) is 18.3. The summed E-state index contributed by atoms with van der Waals surface area (Å²) in [6, 6.07) is 12.9. The molecule has 1 aliphatic heterocycles. The third-order valence-corrected chi connectivity index (χ3v) is 5.58. The number of ether oxygens (including phenoxy) is 3. The maximum Gasteiger partial charge on any atom is 0.339 e. The fourth-order valence-corrected chi connectivity index (χ4v) is 3.89. The number of hydrogen-bond donors (Lipinski definition) is 3. The highest BCUT2D eigenvalue weighted by molar-refractivity contribution is 6.01. The largest absolute Gasteiger partial charge is 0.493 e. The minimum Gasteiger partial charge on any atom is -0.493 e. The van der Waals surface area contributed by atoms with Gasteiger partial charge in [-0.15, -0.1) is 0 Å². The molecule has 3 rings (SSSR count). The smallest absolute Gasteiger partial charge is 0.339 e. The first-order valence-electron chi connectivity index (χ1n) is 10.4. The Kier molecular flexibility index (Phi) is 7.86. The summed E-state index contributed by atoms with van der Waals surface area (Å²) >= 11 is 0. The van der Waals surface area contributed by atoms with Gasteiger partial charge in [-0.05, 0) is 30.3 Å². The number of carbonyl (C=O) groups excluding carboxylic acids is 2. The number of quaternary nitrogens is 2. The van der Waals surface area contributed by atoms with Crippen LogP contribution in [0.1, 0.15) is 15.9 Å². The third-order valence-electron chi connectivity index (χ3n) is 5.58. The Morgan fingerprint density at radius 3 is 2.26 bits per heavy atom. The van der Waals surface area contributed by atoms with E-state index in [1.165, 1.54) is 22.5 Å². The van der Waals surface area contributed by atoms with Gasteiger partial charge >= 0.3 is 5.97 Å². The summed E-state index contributed by atoms with van der Waals surface area (Å²) < 4.78 is 15.5. The summed E-state index contributed by atoms with van der Waals surface area (Å²) in [6.45, 7) is 5.07. The normalized spacial score (nSPS) is 18.2. The van der Waals surface area contributed by atoms with Gasteiger partial charge in [0.05, 0.1) is 32.6 Å². The molecule has 0 spiro atoms. The summed E-state index contributed by atoms with van der Waals surface area (Å²) in [6.07, 6.45) is 0. The van der Waals surface area contributed by atoms with Crippen LogP contribution in [-0.2, 0) is 16.1 Å². The van der Waals surface area contributed by atoms with E-state index >= 15 is 0 Å². The van der Waals surface area contributed by atoms with Crippen LogP contribution in [0.4, 0.5) is 5.69 Å². The summed E-state index contributed by atoms with van der Waals surface area (Å²) in [5.41, 5.74) is 2.04. The predicted octanol–water partition coefficient (Wildman–Crippen LogP) is -0.587. The molecular weight excluding hydrogens is 398 g/mol. The molecule has 2 aromatic rings. The van der Waals surface area contributed by atoms with Crippen LogP contribution < -0.4 is 24.6 Å². The molecule has 2 aromatic carbocycles. The average Bonchev–Trinajstić information content (AvgIpc) is 2.80. The molecule has 0 atom stereocenters. The van der Waals surface area contributed by atoms with Crippen LogP contribution in [0, 0.1) is 0 Å². The second-order valence-electron chi connectivity index (χ2n) is 7.63. The standard InChI is InChI=1S/C23H29N3O5/c1-29-20-9-8-17(14-21(20)30-2)15-25-10-12-26(13-11-25)16-22(27)24-19-7-5-4-6-18(19)23(28)31-3/h4-9,14H,10-13,15-16H2,1-3H3,(H,24,27)/p+2. The van der Waals surface area contributed by atoms with Crippen molar-refractivity contribution < 1.29 is 33.6 Å². The second-order valence-corrected chi connectivity index (χ2v) is 7.63. The average molecular weight is 430 g/mol. The second kappa shape index (κ2) is 10.8. The number of nitrogens with one attached hydrogen (secondary N) is 3. The van der Waals surface area contributed by atoms with E-state index in [0.29, 0.717) is 17.8 Å². The fourth-order valence-electron chi connectivity index (χ4n) is 3.89. The van der Waals surface area contributed by atoms with Gasteiger partial charge in [-0.1, -0.05) is 12.1 Å². The van der Waals surface area contributed by atoms with Crippen molar-refractivity contribution >= 4 is 17.6 Å². The Bertz CT molecular complexity index is 910. The van der Waals surface area contributed by atoms with E-state index in [0.717, 1.165) is 44.2 Å². The minimum absolute atomic E-state index is 0.102. The van der Waals surface area contributed by atoms with Gasteiger partial charge in [0.15, 0.2) is 18.0 Å². The lowest BCUT2D eigenvalue weighted by molar-refractivity contribution is -1.02. The summed E-state index contributed by atoms with van der Waals surface area (Å²) in [7, 11) is 4.61. The van der Waals surface area contributed by atoms with Gasteiger partial charge in [0, 0.05) is 5.56 Å². The van der Waals surface area contributed by atoms with Crippen molar-refractivity contribution in [3.8, 4) is 11.5 Å². The quantitative estimate of drug-likeness (QED) is 0.489. The Morgan fingerprint density at radius 1 is 0.903 bits per heavy atom. The molecular formula is C23H31N3O5+2. The van der Waals surface area contributed by atoms with Crippen LogP contribution in [0.2, 0.25) is 0 Å². The van der Waals surface area contributed by atoms with Crippen molar-refractivity contribution in [3.63, 3.8) is 0 Å². The summed E-state index contributed by atoms with van der Waals surface area (Å²) in [5.74, 6) is 0.910. The Labute approximate surface area is 182 Å². The number of anilines is 1. The van der Waals surface area contributed by atoms with E-state index in [1.54, 1.807) is 38.5 Å². The molecule has 0 radical (unpaired) electrons. The molecule has 166 valence electrons. The topological polar surface area (TPSA) is 82.7 Å². The molecule has 8 heteroatoms. The van der Waals surface area contributed by atoms with E-state index in [-0.39, 0.29) is 5.91 Å². The van der Waals surface area contributed by atoms with Crippen molar-refractivity contribution in [2.24, 2.45) is 0 Å². The molecule has 3 N–H and O–H groups in total. The van der Waals surface area contributed by atoms with Crippen LogP contribution in [0.3, 0.4) is 0 Å². The molecule has 0 aliphatic carbocycles. The van der Waals surface area contributed by atoms with E-state index in [1.807, 2.05) is 12.1 Å². The van der Waals surface area contributed by atoms with Gasteiger partial charge < -0.3 is 29.3 Å². The van der Waals surface area contributed by atoms with Crippen molar-refractivity contribution in [2.75, 3.05) is 59.4 Å². The zero-order valence-corrected chi connectivity index (χ0v) is 18.3. The summed E-state index contributed by atoms with van der Waals surface area (Å²) in [5, 5.41) is 2.85. The van der Waals surface area contributed by atoms with Crippen molar-refractivity contribution in [1.82, 2.24) is 0 Å². The zero-order chi connectivity index (χ0) is 22.2. The van der Waals surface area contributed by atoms with Crippen LogP contribution in [0.25, 0.3) is 0 Å². The van der Waals surface area contributed by atoms with Gasteiger partial charge in [0.2, 0.25) is 0 Å². The molecule has 8 nitrogen and oxygen atoms in total. The molecule has 0 bridgehead atoms. The van der Waals surface area contributed by atoms with E-state index in [9.17, 15) is 9.59 Å². The highest BCUT2D eigenvalue weighted by Crippen LogP contribution is 2.27. The van der Waals surface area contributed by atoms with Gasteiger partial charge in [-0.25, -0.2) is 4.79 Å². The number of rotatable bonds is 8. The van der Waals surface area contributed by atoms with Crippen LogP contribution in [0.15, 0.2) is 42.5 Å². The summed E-state index contributed by atoms with van der Waals surface area (Å²) in [4.78, 5) is 27.1. The molecule has 0 aromatic heterocycles. The molecule has 1 fully saturated rings. The maximum absolute atomic E-state index is 12.5. The third kappa shape index (κ3) is 5.96. The molecule has 0 saturated carbocycles. The van der Waals surface area contributed by atoms with Crippen molar-refractivity contribution in [2.45, 2.75) is 6.54 Å². The maximum atomic E-state index is 12.5. The Morgan fingerprint density at radius 2 is 1.58 bits per heavy atom. The molecule has 0 unspecified atom stereocenters. The first kappa shape index (κ1) is 22.6. The first-order chi connectivity index (χ1) is 15.0. The molecule has 1 saturated heterocycles. The Hall–Kier alpha value is -3.10. The van der Waals surface area contributed by atoms with Gasteiger partial charge in [0.25, 0.3) is 5.91 Å². The number of amides is 1. The van der Waals surface area contributed by atoms with Crippen LogP contribution >= 0.6 is 0 Å². The van der Waals surface area contributed by atoms with Crippen LogP contribution in [0.5, 0.6) is 11.5 Å². The molecule has 1 heterocycles. The van der Waals surface area contributed by atoms with E-state index in [4.69, 9.17) is 14.2 Å². The number of benzene rings is 2. The molecule has 1 amide bonds. The highest BCUT2D eigenvalue weighted by Gasteiger charge is 2.25. The monoisotopic (exact) mass is 429 g/mol. The van der Waals surface area contributed by atoms with Crippen LogP contribution in [-0.4, -0.2) is 65.9 Å². The SMILES string of the molecule is COC(=O)c1ccccc1NC(=O)C[NH+]1CC[NH+](Cc2ccc(OC)c(OC)c2)CC1. The molecule has 31 heavy (non-hydrogen) atoms. The van der Waals surface area contributed by atoms with E-state index in [2.05, 4.69) is 11.4 Å². The molecule has 1 aliphatic rings. The van der Waals surface area contributed by atoms with Gasteiger partial charge in [-0.2, -0.15) is 0 Å². The number of carbonyl (C=O) groups is 2. The minimum atomic E-state index is -0.462. The lowest BCUT2D eigenvalue weighted by atomic mass is 10.1. The number of para-hydroxylation sites is 1. The number of piperazine rings is 1. The number of hydrogen-bond acceptors (Lipinski definition) is 5. The Balaban J connectivity index is 1.49. The van der Waals surface area contributed by atoms with Gasteiger partial charge in [0.1, 0.15) is 32.7 Å². The number of esters is 1. The number of methoxy groups -OCH3 is 3. The van der Waals surface area contributed by atoms with Gasteiger partial charge in [-0.3, -0.25) is 4.79 Å². The first-order valence-corrected chi connectivity index (χ1v) is 10.4. The fraction of sp³-hybridized carbons (Fsp3) is 0.391. The van der Waals surface area contributed by atoms with Crippen molar-refractivity contribution in [3.05, 3.63) is 53.6 Å². The highest BCUT2D eigenvalue weighted by atomic mass is 16.5. The van der Waals surface area contributed by atoms with E-state index < -0.39 is 5.97 Å².